The zero-order chi connectivity index (χ0) is 33.1. The molecule has 0 spiro atoms. The molecule has 0 saturated heterocycles. The first-order valence-corrected chi connectivity index (χ1v) is 17.2. The van der Waals surface area contributed by atoms with Crippen molar-refractivity contribution in [2.24, 2.45) is 4.52 Å². The van der Waals surface area contributed by atoms with Gasteiger partial charge in [0.1, 0.15) is 5.82 Å². The number of azide groups is 1. The van der Waals surface area contributed by atoms with Gasteiger partial charge in [-0.05, 0) is 81.9 Å². The molecule has 5 aromatic carbocycles. The normalized spacial score (nSPS) is 11.2. The molecular weight excluding hydrogens is 634 g/mol. The van der Waals surface area contributed by atoms with Crippen molar-refractivity contribution in [3.8, 4) is 11.1 Å². The van der Waals surface area contributed by atoms with E-state index in [0.29, 0.717) is 25.2 Å². The van der Waals surface area contributed by atoms with Crippen LogP contribution in [0.3, 0.4) is 0 Å². The van der Waals surface area contributed by atoms with Crippen LogP contribution >= 0.6 is 11.8 Å². The molecule has 1 amide bonds. The Labute approximate surface area is 278 Å². The Hall–Kier alpha value is -4.93. The Bertz CT molecular complexity index is 1930. The molecule has 5 rings (SSSR count). The van der Waals surface area contributed by atoms with Crippen molar-refractivity contribution in [2.75, 3.05) is 12.3 Å². The number of thioether (sulfide) groups is 1. The second-order valence-corrected chi connectivity index (χ2v) is 13.5. The molecule has 11 heteroatoms. The molecule has 238 valence electrons. The zero-order valence-corrected chi connectivity index (χ0v) is 27.0. The van der Waals surface area contributed by atoms with Crippen LogP contribution in [0.15, 0.2) is 142 Å². The first kappa shape index (κ1) is 33.4. The van der Waals surface area contributed by atoms with E-state index in [4.69, 9.17) is 5.53 Å². The van der Waals surface area contributed by atoms with Crippen LogP contribution in [0.5, 0.6) is 0 Å². The third-order valence-electron chi connectivity index (χ3n) is 7.40. The highest BCUT2D eigenvalue weighted by atomic mass is 32.2. The lowest BCUT2D eigenvalue weighted by Crippen LogP contribution is -2.25. The Morgan fingerprint density at radius 1 is 0.766 bits per heavy atom. The summed E-state index contributed by atoms with van der Waals surface area (Å²) >= 11 is 1.77. The second kappa shape index (κ2) is 16.1. The number of nitrogens with one attached hydrogen (secondary N) is 1. The third-order valence-corrected chi connectivity index (χ3v) is 9.55. The summed E-state index contributed by atoms with van der Waals surface area (Å²) in [6, 6.07) is 38.1. The molecule has 47 heavy (non-hydrogen) atoms. The summed E-state index contributed by atoms with van der Waals surface area (Å²) in [5.41, 5.74) is 13.9. The van der Waals surface area contributed by atoms with Gasteiger partial charge in [-0.2, -0.15) is 0 Å². The predicted octanol–water partition coefficient (Wildman–Crippen LogP) is 8.22. The standard InChI is InChI=1S/C36H32FN5O3S2/c37-33-18-16-31(17-19-33)30-12-14-32(15-13-30)36(43)39-24-27-6-8-28(9-7-27)25-42(22-23-46-34-4-2-1-3-5-34)26-29-10-20-35(21-11-29)47(44,45)41-40-38/h1-21H,22-26H2,(H,39,43). The van der Waals surface area contributed by atoms with Gasteiger partial charge >= 0.3 is 0 Å². The number of benzene rings is 5. The molecule has 0 fully saturated rings. The Morgan fingerprint density at radius 3 is 1.91 bits per heavy atom. The zero-order valence-electron chi connectivity index (χ0n) is 25.4. The van der Waals surface area contributed by atoms with Gasteiger partial charge in [0, 0.05) is 51.8 Å². The van der Waals surface area contributed by atoms with Crippen LogP contribution in [0.4, 0.5) is 4.39 Å². The fraction of sp³-hybridized carbons (Fsp3) is 0.139. The first-order chi connectivity index (χ1) is 22.8. The van der Waals surface area contributed by atoms with Gasteiger partial charge in [0.2, 0.25) is 0 Å². The van der Waals surface area contributed by atoms with Crippen LogP contribution < -0.4 is 5.32 Å². The number of rotatable bonds is 14. The molecule has 0 aliphatic heterocycles. The Balaban J connectivity index is 1.19. The fourth-order valence-corrected chi connectivity index (χ4v) is 6.51. The van der Waals surface area contributed by atoms with Gasteiger partial charge in [0.05, 0.1) is 4.90 Å². The van der Waals surface area contributed by atoms with Crippen LogP contribution in [0.1, 0.15) is 27.0 Å². The summed E-state index contributed by atoms with van der Waals surface area (Å²) in [5.74, 6) is 0.392. The van der Waals surface area contributed by atoms with Crippen LogP contribution in [-0.2, 0) is 29.7 Å². The number of nitrogens with zero attached hydrogens (tertiary/aromatic N) is 4. The quantitative estimate of drug-likeness (QED) is 0.0556. The van der Waals surface area contributed by atoms with Crippen LogP contribution in [0, 0.1) is 5.82 Å². The predicted molar refractivity (Wildman–Crippen MR) is 184 cm³/mol. The highest BCUT2D eigenvalue weighted by molar-refractivity contribution is 7.99. The lowest BCUT2D eigenvalue weighted by atomic mass is 10.0. The number of hydrogen-bond acceptors (Lipinski definition) is 5. The van der Waals surface area contributed by atoms with Crippen molar-refractivity contribution in [1.29, 1.82) is 0 Å². The molecule has 0 aromatic heterocycles. The second-order valence-electron chi connectivity index (χ2n) is 10.7. The van der Waals surface area contributed by atoms with Gasteiger partial charge in [-0.3, -0.25) is 9.69 Å². The van der Waals surface area contributed by atoms with Crippen LogP contribution in [0.2, 0.25) is 0 Å². The van der Waals surface area contributed by atoms with Crippen molar-refractivity contribution in [1.82, 2.24) is 10.2 Å². The van der Waals surface area contributed by atoms with Gasteiger partial charge in [0.25, 0.3) is 15.9 Å². The Morgan fingerprint density at radius 2 is 1.32 bits per heavy atom. The number of amides is 1. The average molecular weight is 666 g/mol. The summed E-state index contributed by atoms with van der Waals surface area (Å²) < 4.78 is 40.3. The summed E-state index contributed by atoms with van der Waals surface area (Å²) in [5, 5.41) is 2.97. The molecule has 0 bridgehead atoms. The molecule has 0 unspecified atom stereocenters. The maximum absolute atomic E-state index is 13.2. The van der Waals surface area contributed by atoms with E-state index in [2.05, 4.69) is 31.8 Å². The molecule has 0 aliphatic rings. The number of hydrogen-bond donors (Lipinski definition) is 1. The molecule has 0 saturated carbocycles. The third kappa shape index (κ3) is 9.78. The molecule has 8 nitrogen and oxygen atoms in total. The lowest BCUT2D eigenvalue weighted by molar-refractivity contribution is 0.0951. The van der Waals surface area contributed by atoms with Crippen molar-refractivity contribution in [3.05, 3.63) is 166 Å². The average Bonchev–Trinajstić information content (AvgIpc) is 3.09. The van der Waals surface area contributed by atoms with Crippen molar-refractivity contribution in [3.63, 3.8) is 0 Å². The maximum atomic E-state index is 13.2. The molecule has 0 atom stereocenters. The number of carbonyl (C=O) groups is 1. The van der Waals surface area contributed by atoms with Gasteiger partial charge in [-0.25, -0.2) is 12.8 Å². The Kier molecular flexibility index (Phi) is 11.4. The van der Waals surface area contributed by atoms with E-state index in [1.165, 1.54) is 29.2 Å². The highest BCUT2D eigenvalue weighted by Crippen LogP contribution is 2.22. The number of sulfonamides is 1. The SMILES string of the molecule is [N-]=[N+]=NS(=O)(=O)c1ccc(CN(CCSc2ccccc2)Cc2ccc(CNC(=O)c3ccc(-c4ccc(F)cc4)cc3)cc2)cc1. The summed E-state index contributed by atoms with van der Waals surface area (Å²) in [7, 11) is -4.04. The molecule has 0 radical (unpaired) electrons. The van der Waals surface area contributed by atoms with Crippen LogP contribution in [-0.4, -0.2) is 31.5 Å². The summed E-state index contributed by atoms with van der Waals surface area (Å²) in [6.07, 6.45) is 0. The van der Waals surface area contributed by atoms with E-state index in [1.807, 2.05) is 54.6 Å². The van der Waals surface area contributed by atoms with Gasteiger partial charge < -0.3 is 5.32 Å². The van der Waals surface area contributed by atoms with Crippen molar-refractivity contribution < 1.29 is 17.6 Å². The highest BCUT2D eigenvalue weighted by Gasteiger charge is 2.13. The monoisotopic (exact) mass is 665 g/mol. The molecular formula is C36H32FN5O3S2. The number of carbonyl (C=O) groups excluding carboxylic acids is 1. The minimum atomic E-state index is -4.04. The summed E-state index contributed by atoms with van der Waals surface area (Å²) in [4.78, 5) is 18.6. The van der Waals surface area contributed by atoms with Crippen molar-refractivity contribution in [2.45, 2.75) is 29.4 Å². The van der Waals surface area contributed by atoms with Gasteiger partial charge in [-0.15, -0.1) is 11.8 Å². The minimum Gasteiger partial charge on any atom is -0.348 e. The van der Waals surface area contributed by atoms with Gasteiger partial charge in [-0.1, -0.05) is 78.9 Å². The van der Waals surface area contributed by atoms with Crippen LogP contribution in [0.25, 0.3) is 21.6 Å². The fourth-order valence-electron chi connectivity index (χ4n) is 4.91. The van der Waals surface area contributed by atoms with E-state index in [9.17, 15) is 17.6 Å². The van der Waals surface area contributed by atoms with Crippen molar-refractivity contribution >= 4 is 27.7 Å². The minimum absolute atomic E-state index is 0.0464. The topological polar surface area (TPSA) is 115 Å². The van der Waals surface area contributed by atoms with E-state index in [1.54, 1.807) is 48.2 Å². The number of halogens is 1. The molecule has 0 aliphatic carbocycles. The smallest absolute Gasteiger partial charge is 0.264 e. The summed E-state index contributed by atoms with van der Waals surface area (Å²) in [6.45, 7) is 2.42. The molecule has 0 heterocycles. The molecule has 1 N–H and O–H groups in total. The van der Waals surface area contributed by atoms with E-state index < -0.39 is 10.0 Å². The largest absolute Gasteiger partial charge is 0.348 e. The van der Waals surface area contributed by atoms with E-state index >= 15 is 0 Å². The van der Waals surface area contributed by atoms with Gasteiger partial charge in [0.15, 0.2) is 0 Å². The molecule has 5 aromatic rings. The lowest BCUT2D eigenvalue weighted by Gasteiger charge is -2.23. The van der Waals surface area contributed by atoms with E-state index in [-0.39, 0.29) is 16.6 Å². The first-order valence-electron chi connectivity index (χ1n) is 14.8. The van der Waals surface area contributed by atoms with E-state index in [0.717, 1.165) is 40.1 Å². The maximum Gasteiger partial charge on any atom is 0.264 e.